The summed E-state index contributed by atoms with van der Waals surface area (Å²) in [6, 6.07) is 4.46. The molecule has 0 fully saturated rings. The zero-order valence-electron chi connectivity index (χ0n) is 14.1. The molecule has 0 unspecified atom stereocenters. The van der Waals surface area contributed by atoms with Crippen molar-refractivity contribution in [2.24, 2.45) is 5.92 Å². The summed E-state index contributed by atoms with van der Waals surface area (Å²) in [6.07, 6.45) is 0. The highest BCUT2D eigenvalue weighted by molar-refractivity contribution is 9.10. The van der Waals surface area contributed by atoms with E-state index in [-0.39, 0.29) is 11.9 Å². The van der Waals surface area contributed by atoms with Crippen molar-refractivity contribution >= 4 is 27.9 Å². The van der Waals surface area contributed by atoms with Crippen LogP contribution < -0.4 is 15.4 Å². The van der Waals surface area contributed by atoms with Crippen molar-refractivity contribution in [3.8, 4) is 5.75 Å². The van der Waals surface area contributed by atoms with Crippen LogP contribution in [0.1, 0.15) is 32.4 Å². The van der Waals surface area contributed by atoms with Gasteiger partial charge in [-0.1, -0.05) is 19.9 Å². The van der Waals surface area contributed by atoms with E-state index >= 15 is 0 Å². The molecular weight excluding hydrogens is 376 g/mol. The van der Waals surface area contributed by atoms with E-state index in [9.17, 15) is 9.59 Å². The van der Waals surface area contributed by atoms with Gasteiger partial charge < -0.3 is 20.1 Å². The fraction of sp³-hybridized carbons (Fsp3) is 0.412. The molecule has 1 aromatic rings. The van der Waals surface area contributed by atoms with Crippen LogP contribution in [0.15, 0.2) is 33.9 Å². The average molecular weight is 397 g/mol. The van der Waals surface area contributed by atoms with Crippen LogP contribution in [0.25, 0.3) is 0 Å². The normalized spacial score (nSPS) is 17.4. The fourth-order valence-electron chi connectivity index (χ4n) is 2.40. The molecule has 130 valence electrons. The Morgan fingerprint density at radius 1 is 1.38 bits per heavy atom. The first kappa shape index (κ1) is 18.3. The number of esters is 1. The van der Waals surface area contributed by atoms with Gasteiger partial charge in [-0.25, -0.2) is 9.59 Å². The third-order valence-electron chi connectivity index (χ3n) is 3.55. The minimum atomic E-state index is -0.583. The lowest BCUT2D eigenvalue weighted by Gasteiger charge is -2.28. The van der Waals surface area contributed by atoms with E-state index in [1.807, 2.05) is 26.0 Å². The number of ether oxygens (including phenoxy) is 2. The number of carbonyl (C=O) groups is 2. The van der Waals surface area contributed by atoms with Gasteiger partial charge in [0.15, 0.2) is 0 Å². The molecule has 1 heterocycles. The zero-order chi connectivity index (χ0) is 17.9. The number of carbonyl (C=O) groups excluding carboxylic acids is 2. The first-order valence-corrected chi connectivity index (χ1v) is 8.41. The van der Waals surface area contributed by atoms with Crippen molar-refractivity contribution in [1.82, 2.24) is 10.6 Å². The van der Waals surface area contributed by atoms with Crippen LogP contribution in [0.4, 0.5) is 4.79 Å². The van der Waals surface area contributed by atoms with E-state index in [1.54, 1.807) is 20.1 Å². The fourth-order valence-corrected chi connectivity index (χ4v) is 2.96. The predicted molar refractivity (Wildman–Crippen MR) is 93.6 cm³/mol. The van der Waals surface area contributed by atoms with Gasteiger partial charge in [-0.05, 0) is 46.5 Å². The van der Waals surface area contributed by atoms with Crippen molar-refractivity contribution < 1.29 is 19.1 Å². The highest BCUT2D eigenvalue weighted by atomic mass is 79.9. The summed E-state index contributed by atoms with van der Waals surface area (Å²) in [5.74, 6) is 0.462. The quantitative estimate of drug-likeness (QED) is 0.748. The second kappa shape index (κ2) is 7.70. The summed E-state index contributed by atoms with van der Waals surface area (Å²) in [4.78, 5) is 24.4. The molecule has 1 aliphatic rings. The molecule has 24 heavy (non-hydrogen) atoms. The van der Waals surface area contributed by atoms with Crippen molar-refractivity contribution in [2.75, 3.05) is 13.7 Å². The summed E-state index contributed by atoms with van der Waals surface area (Å²) in [6.45, 7) is 5.94. The maximum atomic E-state index is 12.5. The van der Waals surface area contributed by atoms with Gasteiger partial charge in [0.1, 0.15) is 5.75 Å². The Morgan fingerprint density at radius 2 is 2.08 bits per heavy atom. The lowest BCUT2D eigenvalue weighted by molar-refractivity contribution is -0.140. The molecule has 1 aliphatic heterocycles. The molecule has 0 aliphatic carbocycles. The predicted octanol–water partition coefficient (Wildman–Crippen LogP) is 3.28. The van der Waals surface area contributed by atoms with Crippen LogP contribution in [-0.4, -0.2) is 25.7 Å². The largest absolute Gasteiger partial charge is 0.496 e. The average Bonchev–Trinajstić information content (AvgIpc) is 2.51. The first-order valence-electron chi connectivity index (χ1n) is 7.62. The Bertz CT molecular complexity index is 685. The maximum Gasteiger partial charge on any atom is 0.338 e. The van der Waals surface area contributed by atoms with Crippen LogP contribution in [0, 0.1) is 5.92 Å². The molecular formula is C17H21BrN2O4. The Morgan fingerprint density at radius 3 is 2.67 bits per heavy atom. The van der Waals surface area contributed by atoms with Crippen molar-refractivity contribution in [1.29, 1.82) is 0 Å². The van der Waals surface area contributed by atoms with Gasteiger partial charge in [0, 0.05) is 5.70 Å². The van der Waals surface area contributed by atoms with Gasteiger partial charge in [0.25, 0.3) is 0 Å². The number of nitrogens with one attached hydrogen (secondary N) is 2. The van der Waals surface area contributed by atoms with Crippen molar-refractivity contribution in [2.45, 2.75) is 26.8 Å². The molecule has 7 heteroatoms. The van der Waals surface area contributed by atoms with Gasteiger partial charge in [-0.2, -0.15) is 0 Å². The van der Waals surface area contributed by atoms with E-state index in [2.05, 4.69) is 26.6 Å². The van der Waals surface area contributed by atoms with Gasteiger partial charge >= 0.3 is 12.0 Å². The number of rotatable bonds is 5. The number of allylic oxidation sites excluding steroid dienone is 1. The monoisotopic (exact) mass is 396 g/mol. The summed E-state index contributed by atoms with van der Waals surface area (Å²) in [5, 5.41) is 5.40. The van der Waals surface area contributed by atoms with E-state index in [0.29, 0.717) is 23.6 Å². The Kier molecular flexibility index (Phi) is 5.88. The molecule has 0 spiro atoms. The van der Waals surface area contributed by atoms with E-state index in [4.69, 9.17) is 9.47 Å². The minimum Gasteiger partial charge on any atom is -0.496 e. The Labute approximate surface area is 149 Å². The molecule has 2 amide bonds. The molecule has 0 saturated heterocycles. The van der Waals surface area contributed by atoms with E-state index in [0.717, 1.165) is 10.0 Å². The molecule has 6 nitrogen and oxygen atoms in total. The van der Waals surface area contributed by atoms with Gasteiger partial charge in [-0.15, -0.1) is 0 Å². The summed E-state index contributed by atoms with van der Waals surface area (Å²) >= 11 is 3.43. The molecule has 1 aromatic carbocycles. The first-order chi connectivity index (χ1) is 11.3. The molecule has 0 aromatic heterocycles. The summed E-state index contributed by atoms with van der Waals surface area (Å²) in [5.41, 5.74) is 1.64. The zero-order valence-corrected chi connectivity index (χ0v) is 15.7. The van der Waals surface area contributed by atoms with Gasteiger partial charge in [-0.3, -0.25) is 0 Å². The SMILES string of the molecule is COc1ccc([C@H]2NC(=O)NC(C)=C2C(=O)OCC(C)C)cc1Br. The van der Waals surface area contributed by atoms with Crippen molar-refractivity contribution in [3.63, 3.8) is 0 Å². The van der Waals surface area contributed by atoms with Crippen molar-refractivity contribution in [3.05, 3.63) is 39.5 Å². The number of halogens is 1. The minimum absolute atomic E-state index is 0.231. The molecule has 2 N–H and O–H groups in total. The Balaban J connectivity index is 2.37. The molecule has 1 atom stereocenters. The highest BCUT2D eigenvalue weighted by Gasteiger charge is 2.32. The summed E-state index contributed by atoms with van der Waals surface area (Å²) < 4.78 is 11.3. The number of benzene rings is 1. The number of hydrogen-bond donors (Lipinski definition) is 2. The van der Waals surface area contributed by atoms with Crippen LogP contribution in [0.5, 0.6) is 5.75 Å². The number of amides is 2. The van der Waals surface area contributed by atoms with Crippen LogP contribution in [-0.2, 0) is 9.53 Å². The topological polar surface area (TPSA) is 76.7 Å². The molecule has 0 bridgehead atoms. The standard InChI is InChI=1S/C17H21BrN2O4/c1-9(2)8-24-16(21)14-10(3)19-17(22)20-15(14)11-5-6-13(23-4)12(18)7-11/h5-7,9,15H,8H2,1-4H3,(H2,19,20,22)/t15-/m1/s1. The maximum absolute atomic E-state index is 12.5. The van der Waals surface area contributed by atoms with Crippen LogP contribution >= 0.6 is 15.9 Å². The van der Waals surface area contributed by atoms with E-state index < -0.39 is 12.0 Å². The smallest absolute Gasteiger partial charge is 0.338 e. The lowest BCUT2D eigenvalue weighted by atomic mass is 9.95. The lowest BCUT2D eigenvalue weighted by Crippen LogP contribution is -2.45. The Hall–Kier alpha value is -2.02. The van der Waals surface area contributed by atoms with Gasteiger partial charge in [0.05, 0.1) is 29.8 Å². The molecule has 0 radical (unpaired) electrons. The van der Waals surface area contributed by atoms with E-state index in [1.165, 1.54) is 0 Å². The second-order valence-corrected chi connectivity index (χ2v) is 6.81. The van der Waals surface area contributed by atoms with Crippen LogP contribution in [0.2, 0.25) is 0 Å². The number of urea groups is 1. The summed E-state index contributed by atoms with van der Waals surface area (Å²) in [7, 11) is 1.57. The third-order valence-corrected chi connectivity index (χ3v) is 4.17. The number of methoxy groups -OCH3 is 1. The molecule has 2 rings (SSSR count). The second-order valence-electron chi connectivity index (χ2n) is 5.96. The number of hydrogen-bond acceptors (Lipinski definition) is 4. The third kappa shape index (κ3) is 4.08. The molecule has 0 saturated carbocycles. The van der Waals surface area contributed by atoms with Gasteiger partial charge in [0.2, 0.25) is 0 Å². The highest BCUT2D eigenvalue weighted by Crippen LogP contribution is 2.33. The van der Waals surface area contributed by atoms with Crippen LogP contribution in [0.3, 0.4) is 0 Å².